The van der Waals surface area contributed by atoms with Gasteiger partial charge in [-0.25, -0.2) is 4.98 Å². The van der Waals surface area contributed by atoms with E-state index in [-0.39, 0.29) is 0 Å². The van der Waals surface area contributed by atoms with Crippen molar-refractivity contribution in [2.45, 2.75) is 26.2 Å². The van der Waals surface area contributed by atoms with Gasteiger partial charge < -0.3 is 5.73 Å². The van der Waals surface area contributed by atoms with Crippen molar-refractivity contribution in [1.82, 2.24) is 14.6 Å². The van der Waals surface area contributed by atoms with Gasteiger partial charge in [-0.3, -0.25) is 0 Å². The molecule has 20 heavy (non-hydrogen) atoms. The predicted molar refractivity (Wildman–Crippen MR) is 81.4 cm³/mol. The Kier molecular flexibility index (Phi) is 3.37. The minimum absolute atomic E-state index is 0.642. The standard InChI is InChI=1S/C16H18N4/c1-2-3-9-13-10-15(17)20-16(18-13)11-14(19-20)12-7-5-4-6-8-12/h4-8,10-11H,2-3,9,17H2,1H3. The fourth-order valence-electron chi connectivity index (χ4n) is 2.29. The molecule has 2 heterocycles. The van der Waals surface area contributed by atoms with Gasteiger partial charge in [0.05, 0.1) is 5.69 Å². The van der Waals surface area contributed by atoms with E-state index in [2.05, 4.69) is 17.0 Å². The SMILES string of the molecule is CCCCc1cc(N)n2nc(-c3ccccc3)cc2n1. The molecule has 3 rings (SSSR count). The Labute approximate surface area is 118 Å². The first-order chi connectivity index (χ1) is 9.78. The molecule has 0 fully saturated rings. The van der Waals surface area contributed by atoms with E-state index in [0.29, 0.717) is 5.82 Å². The van der Waals surface area contributed by atoms with Crippen LogP contribution in [0.2, 0.25) is 0 Å². The van der Waals surface area contributed by atoms with Crippen LogP contribution in [0.5, 0.6) is 0 Å². The number of benzene rings is 1. The maximum absolute atomic E-state index is 6.08. The molecule has 0 saturated carbocycles. The van der Waals surface area contributed by atoms with Gasteiger partial charge in [0, 0.05) is 23.4 Å². The first-order valence-electron chi connectivity index (χ1n) is 6.98. The molecule has 0 spiro atoms. The number of nitrogen functional groups attached to an aromatic ring is 1. The molecule has 2 aromatic heterocycles. The highest BCUT2D eigenvalue weighted by molar-refractivity contribution is 5.65. The van der Waals surface area contributed by atoms with Crippen molar-refractivity contribution in [2.75, 3.05) is 5.73 Å². The van der Waals surface area contributed by atoms with Gasteiger partial charge in [0.15, 0.2) is 5.65 Å². The third kappa shape index (κ3) is 2.37. The second kappa shape index (κ2) is 5.33. The summed E-state index contributed by atoms with van der Waals surface area (Å²) in [5, 5.41) is 4.53. The molecule has 3 aromatic rings. The molecule has 0 bridgehead atoms. The van der Waals surface area contributed by atoms with E-state index in [1.54, 1.807) is 4.52 Å². The minimum atomic E-state index is 0.642. The average Bonchev–Trinajstić information content (AvgIpc) is 2.91. The van der Waals surface area contributed by atoms with Gasteiger partial charge in [-0.05, 0) is 12.8 Å². The van der Waals surface area contributed by atoms with Crippen molar-refractivity contribution in [1.29, 1.82) is 0 Å². The number of hydrogen-bond donors (Lipinski definition) is 1. The molecule has 1 aromatic carbocycles. The van der Waals surface area contributed by atoms with E-state index in [0.717, 1.165) is 41.9 Å². The molecule has 0 atom stereocenters. The lowest BCUT2D eigenvalue weighted by atomic mass is 10.1. The zero-order chi connectivity index (χ0) is 13.9. The van der Waals surface area contributed by atoms with Gasteiger partial charge in [0.2, 0.25) is 0 Å². The van der Waals surface area contributed by atoms with Crippen LogP contribution in [0.4, 0.5) is 5.82 Å². The van der Waals surface area contributed by atoms with Gasteiger partial charge in [0.1, 0.15) is 5.82 Å². The van der Waals surface area contributed by atoms with Gasteiger partial charge in [-0.1, -0.05) is 43.7 Å². The van der Waals surface area contributed by atoms with Gasteiger partial charge >= 0.3 is 0 Å². The van der Waals surface area contributed by atoms with E-state index in [1.807, 2.05) is 42.5 Å². The maximum Gasteiger partial charge on any atom is 0.158 e. The molecule has 0 unspecified atom stereocenters. The van der Waals surface area contributed by atoms with Crippen LogP contribution in [0.25, 0.3) is 16.9 Å². The second-order valence-corrected chi connectivity index (χ2v) is 4.94. The Balaban J connectivity index is 2.04. The molecule has 0 amide bonds. The molecule has 4 nitrogen and oxygen atoms in total. The van der Waals surface area contributed by atoms with Crippen molar-refractivity contribution in [2.24, 2.45) is 0 Å². The van der Waals surface area contributed by atoms with Crippen LogP contribution >= 0.6 is 0 Å². The number of fused-ring (bicyclic) bond motifs is 1. The fourth-order valence-corrected chi connectivity index (χ4v) is 2.29. The third-order valence-corrected chi connectivity index (χ3v) is 3.36. The summed E-state index contributed by atoms with van der Waals surface area (Å²) < 4.78 is 1.71. The number of anilines is 1. The first-order valence-corrected chi connectivity index (χ1v) is 6.98. The Morgan fingerprint density at radius 1 is 1.15 bits per heavy atom. The lowest BCUT2D eigenvalue weighted by molar-refractivity contribution is 0.773. The van der Waals surface area contributed by atoms with Crippen LogP contribution in [0.3, 0.4) is 0 Å². The van der Waals surface area contributed by atoms with E-state index in [1.165, 1.54) is 0 Å². The van der Waals surface area contributed by atoms with Crippen LogP contribution in [0.15, 0.2) is 42.5 Å². The van der Waals surface area contributed by atoms with Crippen LogP contribution < -0.4 is 5.73 Å². The van der Waals surface area contributed by atoms with Crippen LogP contribution in [0.1, 0.15) is 25.5 Å². The van der Waals surface area contributed by atoms with E-state index in [4.69, 9.17) is 5.73 Å². The topological polar surface area (TPSA) is 56.2 Å². The van der Waals surface area contributed by atoms with Crippen LogP contribution in [-0.4, -0.2) is 14.6 Å². The molecule has 0 aliphatic heterocycles. The minimum Gasteiger partial charge on any atom is -0.384 e. The highest BCUT2D eigenvalue weighted by Crippen LogP contribution is 2.21. The Hall–Kier alpha value is -2.36. The fraction of sp³-hybridized carbons (Fsp3) is 0.250. The van der Waals surface area contributed by atoms with Crippen molar-refractivity contribution >= 4 is 11.5 Å². The Morgan fingerprint density at radius 2 is 1.95 bits per heavy atom. The van der Waals surface area contributed by atoms with Crippen molar-refractivity contribution < 1.29 is 0 Å². The Bertz CT molecular complexity index is 716. The van der Waals surface area contributed by atoms with E-state index < -0.39 is 0 Å². The molecular formula is C16H18N4. The summed E-state index contributed by atoms with van der Waals surface area (Å²) in [7, 11) is 0. The normalized spacial score (nSPS) is 11.1. The molecule has 0 saturated heterocycles. The molecule has 0 radical (unpaired) electrons. The first kappa shape index (κ1) is 12.7. The lowest BCUT2D eigenvalue weighted by Gasteiger charge is -2.03. The quantitative estimate of drug-likeness (QED) is 0.788. The summed E-state index contributed by atoms with van der Waals surface area (Å²) in [5.41, 5.74) is 9.91. The summed E-state index contributed by atoms with van der Waals surface area (Å²) >= 11 is 0. The largest absolute Gasteiger partial charge is 0.384 e. The summed E-state index contributed by atoms with van der Waals surface area (Å²) in [4.78, 5) is 4.64. The average molecular weight is 266 g/mol. The smallest absolute Gasteiger partial charge is 0.158 e. The van der Waals surface area contributed by atoms with Gasteiger partial charge in [-0.15, -0.1) is 0 Å². The second-order valence-electron chi connectivity index (χ2n) is 4.94. The monoisotopic (exact) mass is 266 g/mol. The number of rotatable bonds is 4. The zero-order valence-electron chi connectivity index (χ0n) is 11.6. The highest BCUT2D eigenvalue weighted by atomic mass is 15.3. The molecule has 0 aliphatic rings. The summed E-state index contributed by atoms with van der Waals surface area (Å²) in [6.07, 6.45) is 3.24. The maximum atomic E-state index is 6.08. The van der Waals surface area contributed by atoms with E-state index >= 15 is 0 Å². The number of aryl methyl sites for hydroxylation is 1. The molecule has 2 N–H and O–H groups in total. The van der Waals surface area contributed by atoms with Gasteiger partial charge in [-0.2, -0.15) is 9.61 Å². The van der Waals surface area contributed by atoms with Gasteiger partial charge in [0.25, 0.3) is 0 Å². The molecule has 102 valence electrons. The predicted octanol–water partition coefficient (Wildman–Crippen LogP) is 3.32. The summed E-state index contributed by atoms with van der Waals surface area (Å²) in [6.45, 7) is 2.17. The van der Waals surface area contributed by atoms with Crippen molar-refractivity contribution in [3.63, 3.8) is 0 Å². The van der Waals surface area contributed by atoms with E-state index in [9.17, 15) is 0 Å². The molecule has 0 aliphatic carbocycles. The molecule has 4 heteroatoms. The highest BCUT2D eigenvalue weighted by Gasteiger charge is 2.08. The molecular weight excluding hydrogens is 248 g/mol. The Morgan fingerprint density at radius 3 is 2.70 bits per heavy atom. The zero-order valence-corrected chi connectivity index (χ0v) is 11.6. The number of nitrogens with zero attached hydrogens (tertiary/aromatic N) is 3. The number of aromatic nitrogens is 3. The summed E-state index contributed by atoms with van der Waals surface area (Å²) in [6, 6.07) is 14.0. The third-order valence-electron chi connectivity index (χ3n) is 3.36. The number of hydrogen-bond acceptors (Lipinski definition) is 3. The van der Waals surface area contributed by atoms with Crippen molar-refractivity contribution in [3.8, 4) is 11.3 Å². The number of nitrogens with two attached hydrogens (primary N) is 1. The van der Waals surface area contributed by atoms with Crippen molar-refractivity contribution in [3.05, 3.63) is 48.2 Å². The van der Waals surface area contributed by atoms with Crippen LogP contribution in [-0.2, 0) is 6.42 Å². The summed E-state index contributed by atoms with van der Waals surface area (Å²) in [5.74, 6) is 0.642. The number of unbranched alkanes of at least 4 members (excludes halogenated alkanes) is 1. The van der Waals surface area contributed by atoms with Crippen LogP contribution in [0, 0.1) is 0 Å². The lowest BCUT2D eigenvalue weighted by Crippen LogP contribution is -2.03.